The molecule has 0 radical (unpaired) electrons. The van der Waals surface area contributed by atoms with Gasteiger partial charge in [0, 0.05) is 25.5 Å². The molecule has 2 aromatic rings. The minimum Gasteiger partial charge on any atom is -0.388 e. The maximum absolute atomic E-state index is 13.0. The number of anilines is 2. The Morgan fingerprint density at radius 2 is 1.97 bits per heavy atom. The SMILES string of the molecule is CNc1cccc([C@H]2CC[C@H](C)CN2C(=O)C(=O)Nc2ncccc2C(N)=O)c1. The van der Waals surface area contributed by atoms with Crippen LogP contribution >= 0.6 is 0 Å². The molecule has 1 aromatic heterocycles. The van der Waals surface area contributed by atoms with Gasteiger partial charge < -0.3 is 21.3 Å². The summed E-state index contributed by atoms with van der Waals surface area (Å²) in [7, 11) is 1.83. The largest absolute Gasteiger partial charge is 0.388 e. The molecule has 0 spiro atoms. The highest BCUT2D eigenvalue weighted by Gasteiger charge is 2.34. The molecule has 8 nitrogen and oxygen atoms in total. The summed E-state index contributed by atoms with van der Waals surface area (Å²) in [5, 5.41) is 5.54. The number of carbonyl (C=O) groups is 3. The number of aromatic nitrogens is 1. The van der Waals surface area contributed by atoms with Gasteiger partial charge in [0.2, 0.25) is 0 Å². The normalized spacial score (nSPS) is 18.8. The van der Waals surface area contributed by atoms with Crippen LogP contribution in [0.4, 0.5) is 11.5 Å². The number of benzene rings is 1. The number of nitrogens with two attached hydrogens (primary N) is 1. The number of hydrogen-bond acceptors (Lipinski definition) is 5. The minimum atomic E-state index is -0.838. The summed E-state index contributed by atoms with van der Waals surface area (Å²) in [4.78, 5) is 42.8. The number of nitrogens with one attached hydrogen (secondary N) is 2. The van der Waals surface area contributed by atoms with Crippen molar-refractivity contribution in [1.29, 1.82) is 0 Å². The molecule has 152 valence electrons. The van der Waals surface area contributed by atoms with E-state index in [2.05, 4.69) is 22.5 Å². The highest BCUT2D eigenvalue weighted by molar-refractivity contribution is 6.39. The van der Waals surface area contributed by atoms with E-state index in [1.165, 1.54) is 18.3 Å². The number of likely N-dealkylation sites (tertiary alicyclic amines) is 1. The van der Waals surface area contributed by atoms with Gasteiger partial charge in [0.1, 0.15) is 5.82 Å². The zero-order valence-corrected chi connectivity index (χ0v) is 16.5. The Morgan fingerprint density at radius 3 is 2.69 bits per heavy atom. The van der Waals surface area contributed by atoms with Crippen molar-refractivity contribution >= 4 is 29.2 Å². The molecule has 2 atom stereocenters. The Bertz CT molecular complexity index is 930. The lowest BCUT2D eigenvalue weighted by Crippen LogP contribution is -2.46. The quantitative estimate of drug-likeness (QED) is 0.686. The highest BCUT2D eigenvalue weighted by atomic mass is 16.2. The van der Waals surface area contributed by atoms with Gasteiger partial charge in [-0.25, -0.2) is 4.98 Å². The van der Waals surface area contributed by atoms with Gasteiger partial charge in [0.25, 0.3) is 5.91 Å². The van der Waals surface area contributed by atoms with E-state index in [-0.39, 0.29) is 23.3 Å². The number of amides is 3. The highest BCUT2D eigenvalue weighted by Crippen LogP contribution is 2.34. The van der Waals surface area contributed by atoms with E-state index in [1.54, 1.807) is 4.90 Å². The summed E-state index contributed by atoms with van der Waals surface area (Å²) in [5.41, 5.74) is 7.29. The molecule has 0 bridgehead atoms. The molecule has 1 aromatic carbocycles. The molecule has 8 heteroatoms. The first-order valence-corrected chi connectivity index (χ1v) is 9.55. The fourth-order valence-corrected chi connectivity index (χ4v) is 3.62. The van der Waals surface area contributed by atoms with Crippen LogP contribution in [0.2, 0.25) is 0 Å². The van der Waals surface area contributed by atoms with Gasteiger partial charge in [-0.3, -0.25) is 14.4 Å². The molecule has 1 aliphatic heterocycles. The van der Waals surface area contributed by atoms with Gasteiger partial charge in [-0.15, -0.1) is 0 Å². The number of rotatable bonds is 4. The minimum absolute atomic E-state index is 0.0165. The van der Waals surface area contributed by atoms with Crippen molar-refractivity contribution in [2.75, 3.05) is 24.2 Å². The summed E-state index contributed by atoms with van der Waals surface area (Å²) >= 11 is 0. The molecule has 0 saturated carbocycles. The monoisotopic (exact) mass is 395 g/mol. The first kappa shape index (κ1) is 20.3. The van der Waals surface area contributed by atoms with Crippen molar-refractivity contribution in [3.05, 3.63) is 53.7 Å². The molecule has 1 saturated heterocycles. The number of carbonyl (C=O) groups excluding carboxylic acids is 3. The number of pyridine rings is 1. The molecule has 1 fully saturated rings. The number of nitrogens with zero attached hydrogens (tertiary/aromatic N) is 2. The van der Waals surface area contributed by atoms with E-state index in [9.17, 15) is 14.4 Å². The van der Waals surface area contributed by atoms with Crippen molar-refractivity contribution in [3.8, 4) is 0 Å². The second-order valence-electron chi connectivity index (χ2n) is 7.25. The first-order valence-electron chi connectivity index (χ1n) is 9.55. The predicted molar refractivity (Wildman–Crippen MR) is 110 cm³/mol. The smallest absolute Gasteiger partial charge is 0.315 e. The van der Waals surface area contributed by atoms with E-state index < -0.39 is 17.7 Å². The number of piperidine rings is 1. The van der Waals surface area contributed by atoms with Crippen LogP contribution in [0.1, 0.15) is 41.7 Å². The van der Waals surface area contributed by atoms with Crippen LogP contribution in [0.25, 0.3) is 0 Å². The molecule has 0 unspecified atom stereocenters. The molecule has 29 heavy (non-hydrogen) atoms. The Labute approximate surface area is 169 Å². The van der Waals surface area contributed by atoms with Gasteiger partial charge in [0.05, 0.1) is 11.6 Å². The van der Waals surface area contributed by atoms with Crippen LogP contribution in [0.15, 0.2) is 42.6 Å². The maximum Gasteiger partial charge on any atom is 0.315 e. The average Bonchev–Trinajstić information content (AvgIpc) is 2.73. The van der Waals surface area contributed by atoms with Crippen molar-refractivity contribution < 1.29 is 14.4 Å². The van der Waals surface area contributed by atoms with Crippen LogP contribution < -0.4 is 16.4 Å². The second-order valence-corrected chi connectivity index (χ2v) is 7.25. The van der Waals surface area contributed by atoms with E-state index >= 15 is 0 Å². The number of primary amides is 1. The summed E-state index contributed by atoms with van der Waals surface area (Å²) in [6, 6.07) is 10.6. The van der Waals surface area contributed by atoms with Gasteiger partial charge in [-0.2, -0.15) is 0 Å². The van der Waals surface area contributed by atoms with Crippen LogP contribution in [0, 0.1) is 5.92 Å². The Balaban J connectivity index is 1.84. The third-order valence-electron chi connectivity index (χ3n) is 5.14. The van der Waals surface area contributed by atoms with Crippen LogP contribution in [-0.4, -0.2) is 41.2 Å². The molecule has 3 amide bonds. The average molecular weight is 395 g/mol. The van der Waals surface area contributed by atoms with E-state index in [1.807, 2.05) is 31.3 Å². The summed E-state index contributed by atoms with van der Waals surface area (Å²) in [6.07, 6.45) is 3.15. The Kier molecular flexibility index (Phi) is 6.11. The van der Waals surface area contributed by atoms with Crippen molar-refractivity contribution in [2.45, 2.75) is 25.8 Å². The van der Waals surface area contributed by atoms with Crippen molar-refractivity contribution in [2.24, 2.45) is 11.7 Å². The second kappa shape index (κ2) is 8.72. The Morgan fingerprint density at radius 1 is 1.17 bits per heavy atom. The van der Waals surface area contributed by atoms with Crippen LogP contribution in [0.3, 0.4) is 0 Å². The van der Waals surface area contributed by atoms with Crippen molar-refractivity contribution in [1.82, 2.24) is 9.88 Å². The third kappa shape index (κ3) is 4.53. The molecule has 4 N–H and O–H groups in total. The van der Waals surface area contributed by atoms with Gasteiger partial charge in [-0.1, -0.05) is 19.1 Å². The summed E-state index contributed by atoms with van der Waals surface area (Å²) < 4.78 is 0. The zero-order chi connectivity index (χ0) is 21.0. The fourth-order valence-electron chi connectivity index (χ4n) is 3.62. The van der Waals surface area contributed by atoms with Gasteiger partial charge in [0.15, 0.2) is 0 Å². The fraction of sp³-hybridized carbons (Fsp3) is 0.333. The van der Waals surface area contributed by atoms with E-state index in [0.717, 1.165) is 24.1 Å². The van der Waals surface area contributed by atoms with Crippen LogP contribution in [-0.2, 0) is 9.59 Å². The zero-order valence-electron chi connectivity index (χ0n) is 16.5. The van der Waals surface area contributed by atoms with E-state index in [4.69, 9.17) is 5.73 Å². The lowest BCUT2D eigenvalue weighted by molar-refractivity contribution is -0.146. The topological polar surface area (TPSA) is 117 Å². The molecule has 2 heterocycles. The summed E-state index contributed by atoms with van der Waals surface area (Å²) in [5.74, 6) is -1.95. The Hall–Kier alpha value is -3.42. The van der Waals surface area contributed by atoms with Gasteiger partial charge >= 0.3 is 11.8 Å². The standard InChI is InChI=1S/C21H25N5O3/c1-13-8-9-17(14-5-3-6-15(11-14)23-2)26(12-13)21(29)20(28)25-19-16(18(22)27)7-4-10-24-19/h3-7,10-11,13,17,23H,8-9,12H2,1-2H3,(H2,22,27)(H,24,25,28)/t13-,17+/m0/s1. The van der Waals surface area contributed by atoms with Crippen LogP contribution in [0.5, 0.6) is 0 Å². The first-order chi connectivity index (χ1) is 13.9. The lowest BCUT2D eigenvalue weighted by Gasteiger charge is -2.38. The molecule has 1 aliphatic rings. The maximum atomic E-state index is 13.0. The molecular weight excluding hydrogens is 370 g/mol. The van der Waals surface area contributed by atoms with Gasteiger partial charge in [-0.05, 0) is 48.6 Å². The molecule has 3 rings (SSSR count). The third-order valence-corrected chi connectivity index (χ3v) is 5.14. The number of hydrogen-bond donors (Lipinski definition) is 3. The summed E-state index contributed by atoms with van der Waals surface area (Å²) in [6.45, 7) is 2.54. The van der Waals surface area contributed by atoms with Crippen molar-refractivity contribution in [3.63, 3.8) is 0 Å². The predicted octanol–water partition coefficient (Wildman–Crippen LogP) is 2.16. The lowest BCUT2D eigenvalue weighted by atomic mass is 9.89. The molecule has 0 aliphatic carbocycles. The van der Waals surface area contributed by atoms with E-state index in [0.29, 0.717) is 6.54 Å². The molecular formula is C21H25N5O3.